The van der Waals surface area contributed by atoms with Gasteiger partial charge in [-0.1, -0.05) is 72.8 Å². The monoisotopic (exact) mass is 350 g/mol. The molecule has 3 aromatic carbocycles. The van der Waals surface area contributed by atoms with Crippen LogP contribution >= 0.6 is 0 Å². The number of benzene rings is 3. The fourth-order valence-electron chi connectivity index (χ4n) is 2.74. The summed E-state index contributed by atoms with van der Waals surface area (Å²) < 4.78 is 26.0. The smallest absolute Gasteiger partial charge is 0.342 e. The maximum atomic E-state index is 15.2. The first kappa shape index (κ1) is 17.7. The van der Waals surface area contributed by atoms with E-state index in [-0.39, 0.29) is 5.56 Å². The summed E-state index contributed by atoms with van der Waals surface area (Å²) in [7, 11) is 1.47. The van der Waals surface area contributed by atoms with E-state index in [0.717, 1.165) is 0 Å². The van der Waals surface area contributed by atoms with Crippen molar-refractivity contribution in [3.63, 3.8) is 0 Å². The van der Waals surface area contributed by atoms with Crippen LogP contribution in [0.4, 0.5) is 4.39 Å². The summed E-state index contributed by atoms with van der Waals surface area (Å²) in [5.74, 6) is -0.241. The second-order valence-electron chi connectivity index (χ2n) is 5.75. The highest BCUT2D eigenvalue weighted by Crippen LogP contribution is 2.36. The number of alkyl halides is 1. The molecule has 0 unspecified atom stereocenters. The molecule has 0 N–H and O–H groups in total. The molecule has 0 saturated carbocycles. The zero-order valence-corrected chi connectivity index (χ0v) is 14.3. The third-order valence-corrected chi connectivity index (χ3v) is 4.07. The fraction of sp³-hybridized carbons (Fsp3) is 0.136. The first-order valence-corrected chi connectivity index (χ1v) is 8.28. The maximum absolute atomic E-state index is 15.2. The molecule has 26 heavy (non-hydrogen) atoms. The van der Waals surface area contributed by atoms with E-state index in [0.29, 0.717) is 16.9 Å². The van der Waals surface area contributed by atoms with Crippen molar-refractivity contribution >= 4 is 5.97 Å². The van der Waals surface area contributed by atoms with Gasteiger partial charge in [0, 0.05) is 0 Å². The minimum atomic E-state index is -1.49. The Morgan fingerprint density at radius 2 is 1.35 bits per heavy atom. The summed E-state index contributed by atoms with van der Waals surface area (Å²) >= 11 is 0. The molecule has 2 atom stereocenters. The van der Waals surface area contributed by atoms with Crippen LogP contribution in [0.15, 0.2) is 84.9 Å². The lowest BCUT2D eigenvalue weighted by molar-refractivity contribution is 0.00419. The number of para-hydroxylation sites is 1. The van der Waals surface area contributed by atoms with Crippen molar-refractivity contribution in [2.75, 3.05) is 7.11 Å². The molecular weight excluding hydrogens is 331 g/mol. The van der Waals surface area contributed by atoms with E-state index in [4.69, 9.17) is 9.47 Å². The normalized spacial score (nSPS) is 12.8. The van der Waals surface area contributed by atoms with E-state index in [1.165, 1.54) is 7.11 Å². The standard InChI is InChI=1S/C22H19FO3/c1-25-19-15-9-8-14-18(19)22(24)26-21(17-12-6-3-7-13-17)20(23)16-10-4-2-5-11-16/h2-15,20-21H,1H3/t20-,21+/m1/s1. The SMILES string of the molecule is COc1ccccc1C(=O)O[C@@H](c1ccccc1)[C@H](F)c1ccccc1. The van der Waals surface area contributed by atoms with Crippen molar-refractivity contribution < 1.29 is 18.7 Å². The number of esters is 1. The van der Waals surface area contributed by atoms with Gasteiger partial charge in [-0.05, 0) is 23.3 Å². The quantitative estimate of drug-likeness (QED) is 0.566. The highest BCUT2D eigenvalue weighted by atomic mass is 19.1. The number of hydrogen-bond donors (Lipinski definition) is 0. The predicted octanol–water partition coefficient (Wildman–Crippen LogP) is 5.30. The molecule has 0 heterocycles. The van der Waals surface area contributed by atoms with E-state index < -0.39 is 18.2 Å². The second kappa shape index (κ2) is 8.30. The third kappa shape index (κ3) is 3.91. The molecule has 0 bridgehead atoms. The summed E-state index contributed by atoms with van der Waals surface area (Å²) in [4.78, 5) is 12.7. The Morgan fingerprint density at radius 3 is 1.96 bits per heavy atom. The molecule has 132 valence electrons. The lowest BCUT2D eigenvalue weighted by atomic mass is 9.99. The average Bonchev–Trinajstić information content (AvgIpc) is 2.72. The Labute approximate surface area is 152 Å². The Bertz CT molecular complexity index is 850. The van der Waals surface area contributed by atoms with Crippen molar-refractivity contribution in [2.24, 2.45) is 0 Å². The van der Waals surface area contributed by atoms with Gasteiger partial charge in [0.2, 0.25) is 0 Å². The van der Waals surface area contributed by atoms with Gasteiger partial charge >= 0.3 is 5.97 Å². The van der Waals surface area contributed by atoms with Crippen LogP contribution < -0.4 is 4.74 Å². The molecule has 0 radical (unpaired) electrons. The second-order valence-corrected chi connectivity index (χ2v) is 5.75. The lowest BCUT2D eigenvalue weighted by Gasteiger charge is -2.23. The molecule has 4 heteroatoms. The van der Waals surface area contributed by atoms with Crippen LogP contribution in [0.2, 0.25) is 0 Å². The minimum absolute atomic E-state index is 0.260. The van der Waals surface area contributed by atoms with Crippen molar-refractivity contribution in [1.82, 2.24) is 0 Å². The third-order valence-electron chi connectivity index (χ3n) is 4.07. The van der Waals surface area contributed by atoms with E-state index in [1.54, 1.807) is 72.8 Å². The summed E-state index contributed by atoms with van der Waals surface area (Å²) in [6.07, 6.45) is -2.55. The average molecular weight is 350 g/mol. The first-order chi connectivity index (χ1) is 12.7. The molecule has 3 nitrogen and oxygen atoms in total. The molecule has 3 rings (SSSR count). The molecule has 0 amide bonds. The minimum Gasteiger partial charge on any atom is -0.496 e. The van der Waals surface area contributed by atoms with Crippen LogP contribution in [0.25, 0.3) is 0 Å². The highest BCUT2D eigenvalue weighted by molar-refractivity contribution is 5.92. The summed E-state index contributed by atoms with van der Waals surface area (Å²) in [5, 5.41) is 0. The van der Waals surface area contributed by atoms with Gasteiger partial charge in [-0.2, -0.15) is 0 Å². The Hall–Kier alpha value is -3.14. The van der Waals surface area contributed by atoms with Crippen molar-refractivity contribution in [3.05, 3.63) is 102 Å². The Balaban J connectivity index is 1.93. The number of ether oxygens (including phenoxy) is 2. The molecule has 0 fully saturated rings. The summed E-state index contributed by atoms with van der Waals surface area (Å²) in [6, 6.07) is 24.3. The zero-order valence-electron chi connectivity index (χ0n) is 14.3. The van der Waals surface area contributed by atoms with Gasteiger partial charge < -0.3 is 9.47 Å². The number of halogens is 1. The van der Waals surface area contributed by atoms with Crippen LogP contribution in [0.1, 0.15) is 33.8 Å². The Morgan fingerprint density at radius 1 is 0.808 bits per heavy atom. The molecular formula is C22H19FO3. The lowest BCUT2D eigenvalue weighted by Crippen LogP contribution is -2.17. The predicted molar refractivity (Wildman–Crippen MR) is 97.9 cm³/mol. The molecule has 0 spiro atoms. The van der Waals surface area contributed by atoms with E-state index >= 15 is 4.39 Å². The number of carbonyl (C=O) groups is 1. The topological polar surface area (TPSA) is 35.5 Å². The van der Waals surface area contributed by atoms with E-state index in [9.17, 15) is 4.79 Å². The van der Waals surface area contributed by atoms with E-state index in [1.807, 2.05) is 12.1 Å². The molecule has 3 aromatic rings. The van der Waals surface area contributed by atoms with Crippen LogP contribution in [0.3, 0.4) is 0 Å². The highest BCUT2D eigenvalue weighted by Gasteiger charge is 2.29. The van der Waals surface area contributed by atoms with Gasteiger partial charge in [0.1, 0.15) is 11.3 Å². The number of rotatable bonds is 6. The van der Waals surface area contributed by atoms with Crippen LogP contribution in [0.5, 0.6) is 5.75 Å². The van der Waals surface area contributed by atoms with Crippen LogP contribution in [0, 0.1) is 0 Å². The summed E-state index contributed by atoms with van der Waals surface area (Å²) in [6.45, 7) is 0. The first-order valence-electron chi connectivity index (χ1n) is 8.28. The van der Waals surface area contributed by atoms with Crippen molar-refractivity contribution in [1.29, 1.82) is 0 Å². The molecule has 0 aliphatic rings. The zero-order chi connectivity index (χ0) is 18.4. The van der Waals surface area contributed by atoms with Gasteiger partial charge in [-0.15, -0.1) is 0 Å². The number of carbonyl (C=O) groups excluding carboxylic acids is 1. The van der Waals surface area contributed by atoms with Crippen LogP contribution in [-0.2, 0) is 4.74 Å². The van der Waals surface area contributed by atoms with Gasteiger partial charge in [-0.3, -0.25) is 0 Å². The Kier molecular flexibility index (Phi) is 5.64. The van der Waals surface area contributed by atoms with Gasteiger partial charge in [0.05, 0.1) is 7.11 Å². The molecule has 0 aromatic heterocycles. The summed E-state index contributed by atoms with van der Waals surface area (Å²) in [5.41, 5.74) is 1.30. The molecule has 0 aliphatic heterocycles. The maximum Gasteiger partial charge on any atom is 0.342 e. The fourth-order valence-corrected chi connectivity index (χ4v) is 2.74. The van der Waals surface area contributed by atoms with E-state index in [2.05, 4.69) is 0 Å². The van der Waals surface area contributed by atoms with Gasteiger partial charge in [0.25, 0.3) is 0 Å². The number of methoxy groups -OCH3 is 1. The molecule has 0 aliphatic carbocycles. The molecule has 0 saturated heterocycles. The van der Waals surface area contributed by atoms with Gasteiger partial charge in [-0.25, -0.2) is 9.18 Å². The van der Waals surface area contributed by atoms with Crippen molar-refractivity contribution in [3.8, 4) is 5.75 Å². The van der Waals surface area contributed by atoms with Crippen LogP contribution in [-0.4, -0.2) is 13.1 Å². The van der Waals surface area contributed by atoms with Gasteiger partial charge in [0.15, 0.2) is 12.3 Å². The largest absolute Gasteiger partial charge is 0.496 e. The number of hydrogen-bond acceptors (Lipinski definition) is 3. The van der Waals surface area contributed by atoms with Crippen molar-refractivity contribution in [2.45, 2.75) is 12.3 Å².